The largest absolute Gasteiger partial charge is 0.396 e. The molecule has 0 spiro atoms. The van der Waals surface area contributed by atoms with Gasteiger partial charge in [0.1, 0.15) is 0 Å². The Morgan fingerprint density at radius 3 is 2.24 bits per heavy atom. The predicted octanol–water partition coefficient (Wildman–Crippen LogP) is 1.67. The van der Waals surface area contributed by atoms with E-state index in [1.807, 2.05) is 19.9 Å². The van der Waals surface area contributed by atoms with E-state index < -0.39 is 10.0 Å². The molecule has 1 rings (SSSR count). The number of anilines is 1. The Morgan fingerprint density at radius 2 is 1.76 bits per heavy atom. The molecule has 5 heteroatoms. The third-order valence-electron chi connectivity index (χ3n) is 2.31. The molecule has 0 heterocycles. The molecule has 1 atom stereocenters. The zero-order valence-corrected chi connectivity index (χ0v) is 11.2. The van der Waals surface area contributed by atoms with Gasteiger partial charge in [-0.3, -0.25) is 4.72 Å². The van der Waals surface area contributed by atoms with Crippen LogP contribution in [0.25, 0.3) is 0 Å². The average Bonchev–Trinajstić information content (AvgIpc) is 2.13. The molecule has 0 aliphatic rings. The van der Waals surface area contributed by atoms with Gasteiger partial charge in [-0.15, -0.1) is 0 Å². The highest BCUT2D eigenvalue weighted by Crippen LogP contribution is 2.16. The molecule has 1 unspecified atom stereocenters. The molecule has 0 radical (unpaired) electrons. The zero-order chi connectivity index (χ0) is 13.1. The molecule has 1 aromatic carbocycles. The summed E-state index contributed by atoms with van der Waals surface area (Å²) in [6.45, 7) is 5.40. The minimum absolute atomic E-state index is 0.0729. The molecule has 0 fully saturated rings. The van der Waals surface area contributed by atoms with Gasteiger partial charge >= 0.3 is 0 Å². The fourth-order valence-electron chi connectivity index (χ4n) is 1.68. The van der Waals surface area contributed by atoms with E-state index >= 15 is 0 Å². The van der Waals surface area contributed by atoms with Crippen LogP contribution in [0, 0.1) is 19.8 Å². The topological polar surface area (TPSA) is 66.4 Å². The number of aliphatic hydroxyl groups excluding tert-OH is 1. The second kappa shape index (κ2) is 5.51. The third-order valence-corrected chi connectivity index (χ3v) is 3.87. The van der Waals surface area contributed by atoms with Gasteiger partial charge in [-0.2, -0.15) is 0 Å². The lowest BCUT2D eigenvalue weighted by atomic mass is 10.1. The normalized spacial score (nSPS) is 13.4. The van der Waals surface area contributed by atoms with Crippen LogP contribution in [0.5, 0.6) is 0 Å². The highest BCUT2D eigenvalue weighted by molar-refractivity contribution is 7.92. The lowest BCUT2D eigenvalue weighted by Gasteiger charge is -2.12. The molecule has 0 aromatic heterocycles. The van der Waals surface area contributed by atoms with Gasteiger partial charge in [-0.1, -0.05) is 13.0 Å². The van der Waals surface area contributed by atoms with Gasteiger partial charge in [0.25, 0.3) is 0 Å². The van der Waals surface area contributed by atoms with Crippen molar-refractivity contribution in [3.05, 3.63) is 29.3 Å². The van der Waals surface area contributed by atoms with Crippen molar-refractivity contribution in [3.8, 4) is 0 Å². The van der Waals surface area contributed by atoms with Crippen molar-refractivity contribution in [2.75, 3.05) is 17.1 Å². The molecule has 4 nitrogen and oxygen atoms in total. The summed E-state index contributed by atoms with van der Waals surface area (Å²) in [5.74, 6) is -0.338. The Hall–Kier alpha value is -1.07. The second-order valence-corrected chi connectivity index (χ2v) is 6.31. The standard InChI is InChI=1S/C12H19NO3S/c1-9-4-10(2)6-12(5-9)13-17(15,16)8-11(3)7-14/h4-6,11,13-14H,7-8H2,1-3H3. The van der Waals surface area contributed by atoms with Crippen molar-refractivity contribution in [2.24, 2.45) is 5.92 Å². The molecule has 96 valence electrons. The van der Waals surface area contributed by atoms with E-state index in [1.165, 1.54) is 0 Å². The quantitative estimate of drug-likeness (QED) is 0.843. The molecule has 0 amide bonds. The summed E-state index contributed by atoms with van der Waals surface area (Å²) in [6, 6.07) is 5.55. The smallest absolute Gasteiger partial charge is 0.233 e. The lowest BCUT2D eigenvalue weighted by Crippen LogP contribution is -2.23. The molecule has 0 saturated carbocycles. The van der Waals surface area contributed by atoms with Gasteiger partial charge in [0.15, 0.2) is 0 Å². The van der Waals surface area contributed by atoms with Gasteiger partial charge in [-0.25, -0.2) is 8.42 Å². The van der Waals surface area contributed by atoms with Crippen LogP contribution in [0.3, 0.4) is 0 Å². The van der Waals surface area contributed by atoms with Crippen molar-refractivity contribution in [3.63, 3.8) is 0 Å². The van der Waals surface area contributed by atoms with Crippen LogP contribution < -0.4 is 4.72 Å². The summed E-state index contributed by atoms with van der Waals surface area (Å²) in [5, 5.41) is 8.86. The Labute approximate surface area is 103 Å². The van der Waals surface area contributed by atoms with Crippen molar-refractivity contribution in [1.82, 2.24) is 0 Å². The molecule has 1 aromatic rings. The highest BCUT2D eigenvalue weighted by Gasteiger charge is 2.15. The zero-order valence-electron chi connectivity index (χ0n) is 10.4. The molecule has 2 N–H and O–H groups in total. The van der Waals surface area contributed by atoms with Gasteiger partial charge in [-0.05, 0) is 43.0 Å². The van der Waals surface area contributed by atoms with Crippen molar-refractivity contribution in [1.29, 1.82) is 0 Å². The van der Waals surface area contributed by atoms with E-state index in [0.29, 0.717) is 5.69 Å². The Morgan fingerprint density at radius 1 is 1.24 bits per heavy atom. The van der Waals surface area contributed by atoms with E-state index in [-0.39, 0.29) is 18.3 Å². The number of nitrogens with one attached hydrogen (secondary N) is 1. The fraction of sp³-hybridized carbons (Fsp3) is 0.500. The number of aryl methyl sites for hydroxylation is 2. The van der Waals surface area contributed by atoms with Crippen LogP contribution in [0.2, 0.25) is 0 Å². The van der Waals surface area contributed by atoms with Gasteiger partial charge in [0.2, 0.25) is 10.0 Å². The third kappa shape index (κ3) is 4.75. The Bertz CT molecular complexity index is 462. The van der Waals surface area contributed by atoms with Gasteiger partial charge in [0, 0.05) is 12.3 Å². The van der Waals surface area contributed by atoms with Crippen LogP contribution in [-0.4, -0.2) is 25.9 Å². The van der Waals surface area contributed by atoms with E-state index in [2.05, 4.69) is 4.72 Å². The molecule has 0 bridgehead atoms. The van der Waals surface area contributed by atoms with Crippen LogP contribution in [0.1, 0.15) is 18.1 Å². The monoisotopic (exact) mass is 257 g/mol. The molecular formula is C12H19NO3S. The summed E-state index contributed by atoms with van der Waals surface area (Å²) in [5.41, 5.74) is 2.60. The summed E-state index contributed by atoms with van der Waals surface area (Å²) in [4.78, 5) is 0. The first kappa shape index (κ1) is 14.0. The first-order valence-electron chi connectivity index (χ1n) is 5.52. The van der Waals surface area contributed by atoms with Gasteiger partial charge < -0.3 is 5.11 Å². The molecular weight excluding hydrogens is 238 g/mol. The Balaban J connectivity index is 2.83. The fourth-order valence-corrected chi connectivity index (χ4v) is 3.10. The predicted molar refractivity (Wildman–Crippen MR) is 69.6 cm³/mol. The lowest BCUT2D eigenvalue weighted by molar-refractivity contribution is 0.249. The van der Waals surface area contributed by atoms with Gasteiger partial charge in [0.05, 0.1) is 5.75 Å². The Kier molecular flexibility index (Phi) is 4.54. The SMILES string of the molecule is Cc1cc(C)cc(NS(=O)(=O)CC(C)CO)c1. The number of sulfonamides is 1. The number of benzene rings is 1. The van der Waals surface area contributed by atoms with E-state index in [9.17, 15) is 8.42 Å². The number of rotatable bonds is 5. The minimum Gasteiger partial charge on any atom is -0.396 e. The molecule has 17 heavy (non-hydrogen) atoms. The number of hydrogen-bond acceptors (Lipinski definition) is 3. The molecule has 0 aliphatic heterocycles. The summed E-state index contributed by atoms with van der Waals surface area (Å²) < 4.78 is 26.1. The van der Waals surface area contributed by atoms with Crippen LogP contribution in [-0.2, 0) is 10.0 Å². The summed E-state index contributed by atoms with van der Waals surface area (Å²) >= 11 is 0. The maximum Gasteiger partial charge on any atom is 0.233 e. The van der Waals surface area contributed by atoms with Crippen LogP contribution in [0.15, 0.2) is 18.2 Å². The van der Waals surface area contributed by atoms with Crippen molar-refractivity contribution in [2.45, 2.75) is 20.8 Å². The average molecular weight is 257 g/mol. The van der Waals surface area contributed by atoms with E-state index in [4.69, 9.17) is 5.11 Å². The molecule has 0 saturated heterocycles. The van der Waals surface area contributed by atoms with Crippen molar-refractivity contribution < 1.29 is 13.5 Å². The second-order valence-electron chi connectivity index (χ2n) is 4.55. The summed E-state index contributed by atoms with van der Waals surface area (Å²) in [6.07, 6.45) is 0. The first-order chi connectivity index (χ1) is 7.82. The minimum atomic E-state index is -3.39. The van der Waals surface area contributed by atoms with Crippen molar-refractivity contribution >= 4 is 15.7 Å². The van der Waals surface area contributed by atoms with E-state index in [1.54, 1.807) is 19.1 Å². The molecule has 0 aliphatic carbocycles. The maximum absolute atomic E-state index is 11.8. The van der Waals surface area contributed by atoms with Crippen LogP contribution >= 0.6 is 0 Å². The summed E-state index contributed by atoms with van der Waals surface area (Å²) in [7, 11) is -3.39. The number of hydrogen-bond donors (Lipinski definition) is 2. The maximum atomic E-state index is 11.8. The highest BCUT2D eigenvalue weighted by atomic mass is 32.2. The first-order valence-corrected chi connectivity index (χ1v) is 7.17. The number of aliphatic hydroxyl groups is 1. The van der Waals surface area contributed by atoms with Crippen LogP contribution in [0.4, 0.5) is 5.69 Å². The van der Waals surface area contributed by atoms with E-state index in [0.717, 1.165) is 11.1 Å².